The number of hydrogen-bond acceptors (Lipinski definition) is 2. The largest absolute Gasteiger partial charge is 0.481 e. The maximum atomic E-state index is 13.7. The van der Waals surface area contributed by atoms with E-state index in [1.54, 1.807) is 6.07 Å². The van der Waals surface area contributed by atoms with Crippen LogP contribution >= 0.6 is 11.6 Å². The Labute approximate surface area is 129 Å². The van der Waals surface area contributed by atoms with Gasteiger partial charge < -0.3 is 5.11 Å². The number of likely N-dealkylation sites (tertiary alicyclic amines) is 1. The second-order valence-electron chi connectivity index (χ2n) is 5.85. The molecule has 0 aliphatic carbocycles. The number of nitrogens with zero attached hydrogens (tertiary/aromatic N) is 1. The summed E-state index contributed by atoms with van der Waals surface area (Å²) >= 11 is 5.90. The first-order valence-corrected chi connectivity index (χ1v) is 7.74. The van der Waals surface area contributed by atoms with Gasteiger partial charge in [-0.3, -0.25) is 9.69 Å². The van der Waals surface area contributed by atoms with Gasteiger partial charge in [-0.2, -0.15) is 0 Å². The Morgan fingerprint density at radius 3 is 2.67 bits per heavy atom. The molecule has 0 radical (unpaired) electrons. The first kappa shape index (κ1) is 16.2. The molecule has 0 unspecified atom stereocenters. The molecule has 1 N–H and O–H groups in total. The summed E-state index contributed by atoms with van der Waals surface area (Å²) in [7, 11) is 0. The predicted molar refractivity (Wildman–Crippen MR) is 80.9 cm³/mol. The highest BCUT2D eigenvalue weighted by Crippen LogP contribution is 2.37. The van der Waals surface area contributed by atoms with E-state index in [0.717, 1.165) is 6.42 Å². The molecule has 5 heteroatoms. The lowest BCUT2D eigenvalue weighted by atomic mass is 9.75. The fourth-order valence-electron chi connectivity index (χ4n) is 3.09. The molecule has 1 aliphatic rings. The van der Waals surface area contributed by atoms with Gasteiger partial charge in [-0.1, -0.05) is 24.9 Å². The Balaban J connectivity index is 2.00. The van der Waals surface area contributed by atoms with Crippen molar-refractivity contribution in [3.8, 4) is 0 Å². The molecule has 2 rings (SSSR count). The third-order valence-corrected chi connectivity index (χ3v) is 4.63. The van der Waals surface area contributed by atoms with Crippen molar-refractivity contribution in [3.05, 3.63) is 34.6 Å². The maximum absolute atomic E-state index is 13.7. The second kappa shape index (κ2) is 6.75. The van der Waals surface area contributed by atoms with Crippen molar-refractivity contribution >= 4 is 17.6 Å². The summed E-state index contributed by atoms with van der Waals surface area (Å²) in [6, 6.07) is 4.55. The lowest BCUT2D eigenvalue weighted by Gasteiger charge is -2.38. The average molecular weight is 314 g/mol. The van der Waals surface area contributed by atoms with E-state index in [4.69, 9.17) is 11.6 Å². The van der Waals surface area contributed by atoms with Crippen molar-refractivity contribution in [1.82, 2.24) is 4.90 Å². The summed E-state index contributed by atoms with van der Waals surface area (Å²) in [6.45, 7) is 3.85. The van der Waals surface area contributed by atoms with Crippen LogP contribution in [0.5, 0.6) is 0 Å². The van der Waals surface area contributed by atoms with Gasteiger partial charge in [0.15, 0.2) is 0 Å². The van der Waals surface area contributed by atoms with Crippen LogP contribution in [0.15, 0.2) is 18.2 Å². The average Bonchev–Trinajstić information content (AvgIpc) is 2.45. The minimum Gasteiger partial charge on any atom is -0.481 e. The van der Waals surface area contributed by atoms with Crippen LogP contribution in [0, 0.1) is 11.2 Å². The third-order valence-electron chi connectivity index (χ3n) is 4.40. The number of rotatable bonds is 5. The quantitative estimate of drug-likeness (QED) is 0.895. The summed E-state index contributed by atoms with van der Waals surface area (Å²) in [4.78, 5) is 13.6. The standard InChI is InChI=1S/C16H21ClFNO2/c1-2-5-16(15(20)21)6-8-19(9-7-16)11-12-10-13(17)3-4-14(12)18/h3-4,10H,2,5-9,11H2,1H3,(H,20,21). The number of halogens is 2. The van der Waals surface area contributed by atoms with E-state index in [0.29, 0.717) is 49.5 Å². The van der Waals surface area contributed by atoms with E-state index in [2.05, 4.69) is 4.90 Å². The molecule has 1 aromatic carbocycles. The van der Waals surface area contributed by atoms with Crippen molar-refractivity contribution in [2.45, 2.75) is 39.2 Å². The zero-order valence-electron chi connectivity index (χ0n) is 12.2. The van der Waals surface area contributed by atoms with Gasteiger partial charge in [-0.25, -0.2) is 4.39 Å². The van der Waals surface area contributed by atoms with Gasteiger partial charge in [0.2, 0.25) is 0 Å². The van der Waals surface area contributed by atoms with Crippen LogP contribution < -0.4 is 0 Å². The number of carboxylic acid groups (broad SMARTS) is 1. The highest BCUT2D eigenvalue weighted by Gasteiger charge is 2.40. The molecule has 0 spiro atoms. The zero-order chi connectivity index (χ0) is 15.5. The SMILES string of the molecule is CCCC1(C(=O)O)CCN(Cc2cc(Cl)ccc2F)CC1. The first-order valence-electron chi connectivity index (χ1n) is 7.36. The molecule has 21 heavy (non-hydrogen) atoms. The van der Waals surface area contributed by atoms with Crippen molar-refractivity contribution in [2.75, 3.05) is 13.1 Å². The maximum Gasteiger partial charge on any atom is 0.309 e. The molecule has 3 nitrogen and oxygen atoms in total. The predicted octanol–water partition coefficient (Wildman–Crippen LogP) is 3.95. The highest BCUT2D eigenvalue weighted by molar-refractivity contribution is 6.30. The molecule has 1 heterocycles. The lowest BCUT2D eigenvalue weighted by Crippen LogP contribution is -2.44. The molecule has 0 atom stereocenters. The molecule has 116 valence electrons. The van der Waals surface area contributed by atoms with Gasteiger partial charge in [-0.05, 0) is 50.6 Å². The van der Waals surface area contributed by atoms with Gasteiger partial charge in [-0.15, -0.1) is 0 Å². The molecule has 1 fully saturated rings. The molecule has 1 aliphatic heterocycles. The number of aliphatic carboxylic acids is 1. The van der Waals surface area contributed by atoms with Crippen LogP contribution in [0.1, 0.15) is 38.2 Å². The topological polar surface area (TPSA) is 40.5 Å². The van der Waals surface area contributed by atoms with Gasteiger partial charge in [0.25, 0.3) is 0 Å². The fourth-order valence-corrected chi connectivity index (χ4v) is 3.29. The Morgan fingerprint density at radius 1 is 1.43 bits per heavy atom. The molecule has 0 amide bonds. The van der Waals surface area contributed by atoms with Crippen LogP contribution in [0.3, 0.4) is 0 Å². The Bertz CT molecular complexity index is 513. The van der Waals surface area contributed by atoms with Gasteiger partial charge >= 0.3 is 5.97 Å². The Hall–Kier alpha value is -1.13. The van der Waals surface area contributed by atoms with E-state index in [-0.39, 0.29) is 5.82 Å². The van der Waals surface area contributed by atoms with Crippen molar-refractivity contribution in [2.24, 2.45) is 5.41 Å². The van der Waals surface area contributed by atoms with Crippen LogP contribution in [0.4, 0.5) is 4.39 Å². The summed E-state index contributed by atoms with van der Waals surface area (Å²) in [5, 5.41) is 10.0. The number of hydrogen-bond donors (Lipinski definition) is 1. The third kappa shape index (κ3) is 3.74. The Morgan fingerprint density at radius 2 is 2.10 bits per heavy atom. The zero-order valence-corrected chi connectivity index (χ0v) is 13.0. The molecule has 1 saturated heterocycles. The molecule has 1 aromatic rings. The van der Waals surface area contributed by atoms with Crippen LogP contribution in [0.25, 0.3) is 0 Å². The monoisotopic (exact) mass is 313 g/mol. The van der Waals surface area contributed by atoms with E-state index >= 15 is 0 Å². The van der Waals surface area contributed by atoms with Crippen LogP contribution in [0.2, 0.25) is 5.02 Å². The number of benzene rings is 1. The summed E-state index contributed by atoms with van der Waals surface area (Å²) in [5.74, 6) is -0.957. The number of piperidine rings is 1. The smallest absolute Gasteiger partial charge is 0.309 e. The normalized spacial score (nSPS) is 18.6. The summed E-state index contributed by atoms with van der Waals surface area (Å²) in [5.41, 5.74) is -0.0289. The Kier molecular flexibility index (Phi) is 5.22. The van der Waals surface area contributed by atoms with E-state index < -0.39 is 11.4 Å². The summed E-state index contributed by atoms with van der Waals surface area (Å²) in [6.07, 6.45) is 2.83. The highest BCUT2D eigenvalue weighted by atomic mass is 35.5. The molecule has 0 aromatic heterocycles. The summed E-state index contributed by atoms with van der Waals surface area (Å²) < 4.78 is 13.7. The number of carboxylic acids is 1. The van der Waals surface area contributed by atoms with E-state index in [1.807, 2.05) is 6.92 Å². The van der Waals surface area contributed by atoms with Crippen molar-refractivity contribution < 1.29 is 14.3 Å². The molecular weight excluding hydrogens is 293 g/mol. The van der Waals surface area contributed by atoms with Crippen molar-refractivity contribution in [1.29, 1.82) is 0 Å². The molecular formula is C16H21ClFNO2. The van der Waals surface area contributed by atoms with Gasteiger partial charge in [0.05, 0.1) is 5.41 Å². The van der Waals surface area contributed by atoms with Crippen molar-refractivity contribution in [3.63, 3.8) is 0 Å². The molecule has 0 saturated carbocycles. The lowest BCUT2D eigenvalue weighted by molar-refractivity contribution is -0.152. The minimum atomic E-state index is -0.696. The van der Waals surface area contributed by atoms with Gasteiger partial charge in [0, 0.05) is 17.1 Å². The van der Waals surface area contributed by atoms with Crippen LogP contribution in [-0.4, -0.2) is 29.1 Å². The fraction of sp³-hybridized carbons (Fsp3) is 0.562. The van der Waals surface area contributed by atoms with Crippen LogP contribution in [-0.2, 0) is 11.3 Å². The van der Waals surface area contributed by atoms with E-state index in [9.17, 15) is 14.3 Å². The molecule has 0 bridgehead atoms. The van der Waals surface area contributed by atoms with E-state index in [1.165, 1.54) is 12.1 Å². The minimum absolute atomic E-state index is 0.261. The number of carbonyl (C=O) groups is 1. The van der Waals surface area contributed by atoms with Gasteiger partial charge in [0.1, 0.15) is 5.82 Å². The first-order chi connectivity index (χ1) is 9.97. The second-order valence-corrected chi connectivity index (χ2v) is 6.28.